The standard InChI is InChI=1S/C15H23N3OS/c1-4-16-13-6-5-12(11-17-13)14(19)18-8-7-15(2,3)20-10-9-18/h5-6,11H,4,7-10H2,1-3H3,(H,16,17). The van der Waals surface area contributed by atoms with Gasteiger partial charge in [-0.05, 0) is 25.5 Å². The van der Waals surface area contributed by atoms with Gasteiger partial charge in [-0.15, -0.1) is 0 Å². The minimum Gasteiger partial charge on any atom is -0.370 e. The second-order valence-electron chi connectivity index (χ2n) is 5.61. The Morgan fingerprint density at radius 2 is 2.25 bits per heavy atom. The predicted molar refractivity (Wildman–Crippen MR) is 85.5 cm³/mol. The third kappa shape index (κ3) is 3.88. The molecule has 4 nitrogen and oxygen atoms in total. The molecule has 0 bridgehead atoms. The molecule has 0 unspecified atom stereocenters. The summed E-state index contributed by atoms with van der Waals surface area (Å²) in [6.07, 6.45) is 2.70. The first-order chi connectivity index (χ1) is 9.52. The zero-order valence-electron chi connectivity index (χ0n) is 12.5. The quantitative estimate of drug-likeness (QED) is 0.931. The van der Waals surface area contributed by atoms with Gasteiger partial charge in [0.15, 0.2) is 0 Å². The molecule has 0 radical (unpaired) electrons. The Hall–Kier alpha value is -1.23. The van der Waals surface area contributed by atoms with Crippen LogP contribution in [0.15, 0.2) is 18.3 Å². The molecule has 0 saturated carbocycles. The molecule has 0 atom stereocenters. The van der Waals surface area contributed by atoms with Crippen molar-refractivity contribution >= 4 is 23.5 Å². The number of thioether (sulfide) groups is 1. The van der Waals surface area contributed by atoms with Crippen LogP contribution in [0.25, 0.3) is 0 Å². The van der Waals surface area contributed by atoms with Crippen LogP contribution in [0.4, 0.5) is 5.82 Å². The number of amides is 1. The van der Waals surface area contributed by atoms with E-state index in [0.29, 0.717) is 5.56 Å². The molecule has 1 fully saturated rings. The highest BCUT2D eigenvalue weighted by Crippen LogP contribution is 2.31. The van der Waals surface area contributed by atoms with Gasteiger partial charge in [-0.1, -0.05) is 13.8 Å². The maximum Gasteiger partial charge on any atom is 0.255 e. The molecule has 2 heterocycles. The van der Waals surface area contributed by atoms with Crippen LogP contribution in [0.1, 0.15) is 37.6 Å². The Morgan fingerprint density at radius 1 is 1.45 bits per heavy atom. The van der Waals surface area contributed by atoms with Crippen molar-refractivity contribution in [1.82, 2.24) is 9.88 Å². The minimum atomic E-state index is 0.0962. The lowest BCUT2D eigenvalue weighted by molar-refractivity contribution is 0.0764. The van der Waals surface area contributed by atoms with Crippen molar-refractivity contribution in [2.75, 3.05) is 30.7 Å². The smallest absolute Gasteiger partial charge is 0.255 e. The second-order valence-corrected chi connectivity index (χ2v) is 7.41. The average molecular weight is 293 g/mol. The van der Waals surface area contributed by atoms with E-state index < -0.39 is 0 Å². The summed E-state index contributed by atoms with van der Waals surface area (Å²) in [6.45, 7) is 9.00. The molecule has 0 aromatic carbocycles. The van der Waals surface area contributed by atoms with Crippen LogP contribution in [0.2, 0.25) is 0 Å². The van der Waals surface area contributed by atoms with E-state index in [1.54, 1.807) is 6.20 Å². The van der Waals surface area contributed by atoms with Crippen molar-refractivity contribution in [3.63, 3.8) is 0 Å². The summed E-state index contributed by atoms with van der Waals surface area (Å²) in [6, 6.07) is 3.73. The topological polar surface area (TPSA) is 45.2 Å². The summed E-state index contributed by atoms with van der Waals surface area (Å²) >= 11 is 1.95. The fourth-order valence-electron chi connectivity index (χ4n) is 2.21. The molecule has 1 amide bonds. The molecule has 2 rings (SSSR count). The SMILES string of the molecule is CCNc1ccc(C(=O)N2CCSC(C)(C)CC2)cn1. The molecule has 1 aromatic heterocycles. The van der Waals surface area contributed by atoms with Crippen molar-refractivity contribution in [3.05, 3.63) is 23.9 Å². The van der Waals surface area contributed by atoms with Gasteiger partial charge in [0.25, 0.3) is 5.91 Å². The number of aromatic nitrogens is 1. The van der Waals surface area contributed by atoms with Gasteiger partial charge < -0.3 is 10.2 Å². The molecule has 5 heteroatoms. The summed E-state index contributed by atoms with van der Waals surface area (Å²) in [5, 5.41) is 3.13. The Labute approximate surface area is 125 Å². The van der Waals surface area contributed by atoms with Crippen LogP contribution in [0.3, 0.4) is 0 Å². The highest BCUT2D eigenvalue weighted by Gasteiger charge is 2.26. The number of hydrogen-bond donors (Lipinski definition) is 1. The molecule has 20 heavy (non-hydrogen) atoms. The monoisotopic (exact) mass is 293 g/mol. The zero-order valence-corrected chi connectivity index (χ0v) is 13.3. The van der Waals surface area contributed by atoms with E-state index in [4.69, 9.17) is 0 Å². The average Bonchev–Trinajstić information content (AvgIpc) is 2.60. The first-order valence-corrected chi connectivity index (χ1v) is 8.13. The van der Waals surface area contributed by atoms with Crippen molar-refractivity contribution in [2.24, 2.45) is 0 Å². The van der Waals surface area contributed by atoms with Gasteiger partial charge in [-0.25, -0.2) is 4.98 Å². The van der Waals surface area contributed by atoms with Gasteiger partial charge in [0.2, 0.25) is 0 Å². The zero-order chi connectivity index (χ0) is 14.6. The Bertz CT molecular complexity index is 459. The summed E-state index contributed by atoms with van der Waals surface area (Å²) in [5.74, 6) is 1.91. The second kappa shape index (κ2) is 6.48. The number of pyridine rings is 1. The molecular weight excluding hydrogens is 270 g/mol. The van der Waals surface area contributed by atoms with Crippen LogP contribution in [0.5, 0.6) is 0 Å². The molecule has 1 aliphatic rings. The normalized spacial score (nSPS) is 18.4. The Morgan fingerprint density at radius 3 is 2.90 bits per heavy atom. The highest BCUT2D eigenvalue weighted by atomic mass is 32.2. The summed E-state index contributed by atoms with van der Waals surface area (Å²) in [4.78, 5) is 18.7. The van der Waals surface area contributed by atoms with Crippen LogP contribution in [0, 0.1) is 0 Å². The van der Waals surface area contributed by atoms with E-state index in [2.05, 4.69) is 24.1 Å². The lowest BCUT2D eigenvalue weighted by Crippen LogP contribution is -2.33. The lowest BCUT2D eigenvalue weighted by Gasteiger charge is -2.22. The van der Waals surface area contributed by atoms with Crippen molar-refractivity contribution < 1.29 is 4.79 Å². The van der Waals surface area contributed by atoms with E-state index >= 15 is 0 Å². The molecule has 0 spiro atoms. The number of nitrogens with zero attached hydrogens (tertiary/aromatic N) is 2. The molecular formula is C15H23N3OS. The van der Waals surface area contributed by atoms with Crippen molar-refractivity contribution in [3.8, 4) is 0 Å². The number of carbonyl (C=O) groups excluding carboxylic acids is 1. The molecule has 1 aliphatic heterocycles. The van der Waals surface area contributed by atoms with Gasteiger partial charge in [0.05, 0.1) is 5.56 Å². The van der Waals surface area contributed by atoms with Gasteiger partial charge >= 0.3 is 0 Å². The fraction of sp³-hybridized carbons (Fsp3) is 0.600. The fourth-order valence-corrected chi connectivity index (χ4v) is 3.31. The number of carbonyl (C=O) groups is 1. The van der Waals surface area contributed by atoms with Crippen LogP contribution in [-0.4, -0.2) is 45.9 Å². The van der Waals surface area contributed by atoms with E-state index in [-0.39, 0.29) is 10.7 Å². The lowest BCUT2D eigenvalue weighted by atomic mass is 10.1. The first-order valence-electron chi connectivity index (χ1n) is 7.15. The molecule has 0 aliphatic carbocycles. The Kier molecular flexibility index (Phi) is 4.91. The number of nitrogens with one attached hydrogen (secondary N) is 1. The maximum atomic E-state index is 12.5. The third-order valence-corrected chi connectivity index (χ3v) is 4.87. The number of hydrogen-bond acceptors (Lipinski definition) is 4. The summed E-state index contributed by atoms with van der Waals surface area (Å²) < 4.78 is 0.266. The molecule has 1 saturated heterocycles. The van der Waals surface area contributed by atoms with E-state index in [0.717, 1.165) is 37.6 Å². The van der Waals surface area contributed by atoms with Crippen LogP contribution >= 0.6 is 11.8 Å². The van der Waals surface area contributed by atoms with E-state index in [1.807, 2.05) is 35.7 Å². The largest absolute Gasteiger partial charge is 0.370 e. The molecule has 110 valence electrons. The molecule has 1 N–H and O–H groups in total. The van der Waals surface area contributed by atoms with Gasteiger partial charge in [0, 0.05) is 36.3 Å². The van der Waals surface area contributed by atoms with E-state index in [1.165, 1.54) is 0 Å². The van der Waals surface area contributed by atoms with Gasteiger partial charge in [-0.2, -0.15) is 11.8 Å². The third-order valence-electron chi connectivity index (χ3n) is 3.49. The van der Waals surface area contributed by atoms with E-state index in [9.17, 15) is 4.79 Å². The summed E-state index contributed by atoms with van der Waals surface area (Å²) in [7, 11) is 0. The maximum absolute atomic E-state index is 12.5. The van der Waals surface area contributed by atoms with Crippen molar-refractivity contribution in [1.29, 1.82) is 0 Å². The number of anilines is 1. The number of rotatable bonds is 3. The van der Waals surface area contributed by atoms with Gasteiger partial charge in [0.1, 0.15) is 5.82 Å². The van der Waals surface area contributed by atoms with Crippen LogP contribution in [-0.2, 0) is 0 Å². The van der Waals surface area contributed by atoms with Crippen LogP contribution < -0.4 is 5.32 Å². The molecule has 1 aromatic rings. The summed E-state index contributed by atoms with van der Waals surface area (Å²) in [5.41, 5.74) is 0.677. The highest BCUT2D eigenvalue weighted by molar-refractivity contribution is 8.00. The van der Waals surface area contributed by atoms with Gasteiger partial charge in [-0.3, -0.25) is 4.79 Å². The predicted octanol–water partition coefficient (Wildman–Crippen LogP) is 2.87. The Balaban J connectivity index is 2.03. The minimum absolute atomic E-state index is 0.0962. The first kappa shape index (κ1) is 15.2. The van der Waals surface area contributed by atoms with Crippen molar-refractivity contribution in [2.45, 2.75) is 31.9 Å².